The smallest absolute Gasteiger partial charge is 0.344 e. The molecule has 1 aromatic rings. The van der Waals surface area contributed by atoms with Crippen LogP contribution in [0, 0.1) is 0 Å². The molecule has 0 spiro atoms. The molecular formula is C15H22ClNO3. The molecule has 4 nitrogen and oxygen atoms in total. The lowest BCUT2D eigenvalue weighted by Gasteiger charge is -2.11. The minimum Gasteiger partial charge on any atom is -0.482 e. The molecule has 0 aromatic heterocycles. The van der Waals surface area contributed by atoms with Crippen molar-refractivity contribution in [2.75, 3.05) is 13.2 Å². The molecule has 0 amide bonds. The fourth-order valence-electron chi connectivity index (χ4n) is 2.41. The van der Waals surface area contributed by atoms with E-state index in [0.717, 1.165) is 25.7 Å². The molecule has 1 aliphatic rings. The van der Waals surface area contributed by atoms with Crippen molar-refractivity contribution in [2.45, 2.75) is 38.6 Å². The van der Waals surface area contributed by atoms with Crippen molar-refractivity contribution in [1.29, 1.82) is 0 Å². The summed E-state index contributed by atoms with van der Waals surface area (Å²) in [5.41, 5.74) is 8.63. The number of aryl methyl sites for hydroxylation is 1. The number of nitrogens with two attached hydrogens (primary N) is 1. The van der Waals surface area contributed by atoms with Gasteiger partial charge in [-0.3, -0.25) is 0 Å². The van der Waals surface area contributed by atoms with Crippen LogP contribution < -0.4 is 10.5 Å². The van der Waals surface area contributed by atoms with E-state index in [4.69, 9.17) is 15.2 Å². The molecule has 2 N–H and O–H groups in total. The first-order chi connectivity index (χ1) is 9.19. The molecule has 0 heterocycles. The lowest BCUT2D eigenvalue weighted by molar-refractivity contribution is -0.145. The molecule has 0 bridgehead atoms. The van der Waals surface area contributed by atoms with E-state index < -0.39 is 0 Å². The van der Waals surface area contributed by atoms with E-state index in [1.165, 1.54) is 11.1 Å². The first-order valence-electron chi connectivity index (χ1n) is 6.85. The summed E-state index contributed by atoms with van der Waals surface area (Å²) in [6.45, 7) is 2.11. The lowest BCUT2D eigenvalue weighted by Crippen LogP contribution is -2.21. The number of carbonyl (C=O) groups is 1. The Bertz CT molecular complexity index is 451. The first kappa shape index (κ1) is 16.8. The van der Waals surface area contributed by atoms with Crippen molar-refractivity contribution < 1.29 is 14.3 Å². The zero-order valence-corrected chi connectivity index (χ0v) is 12.6. The van der Waals surface area contributed by atoms with E-state index >= 15 is 0 Å². The summed E-state index contributed by atoms with van der Waals surface area (Å²) >= 11 is 0. The van der Waals surface area contributed by atoms with E-state index in [0.29, 0.717) is 12.4 Å². The molecule has 112 valence electrons. The van der Waals surface area contributed by atoms with Crippen molar-refractivity contribution in [1.82, 2.24) is 0 Å². The lowest BCUT2D eigenvalue weighted by atomic mass is 10.0. The van der Waals surface area contributed by atoms with Gasteiger partial charge in [-0.2, -0.15) is 0 Å². The molecule has 20 heavy (non-hydrogen) atoms. The predicted octanol–water partition coefficient (Wildman–Crippen LogP) is 2.26. The standard InChI is InChI=1S/C15H21NO3.ClH/c1-2-18-15(17)10-19-14-7-6-11-4-3-5-13(16)8-12(11)9-14;/h6-7,9,13H,2-5,8,10,16H2,1H3;1H/t13-;/m0./s1. The Morgan fingerprint density at radius 2 is 2.20 bits per heavy atom. The number of hydrogen-bond acceptors (Lipinski definition) is 4. The number of ether oxygens (including phenoxy) is 2. The van der Waals surface area contributed by atoms with Crippen LogP contribution >= 0.6 is 12.4 Å². The van der Waals surface area contributed by atoms with Crippen molar-refractivity contribution in [3.63, 3.8) is 0 Å². The predicted molar refractivity (Wildman–Crippen MR) is 80.4 cm³/mol. The number of benzene rings is 1. The van der Waals surface area contributed by atoms with Crippen molar-refractivity contribution in [3.05, 3.63) is 29.3 Å². The van der Waals surface area contributed by atoms with Crippen molar-refractivity contribution in [3.8, 4) is 5.75 Å². The van der Waals surface area contributed by atoms with Crippen LogP contribution in [0.2, 0.25) is 0 Å². The Kier molecular flexibility index (Phi) is 6.82. The highest BCUT2D eigenvalue weighted by Crippen LogP contribution is 2.24. The van der Waals surface area contributed by atoms with Crippen LogP contribution in [-0.4, -0.2) is 25.2 Å². The quantitative estimate of drug-likeness (QED) is 0.684. The Morgan fingerprint density at radius 3 is 2.95 bits per heavy atom. The minimum absolute atomic E-state index is 0. The van der Waals surface area contributed by atoms with Gasteiger partial charge in [0.2, 0.25) is 0 Å². The third-order valence-corrected chi connectivity index (χ3v) is 3.34. The van der Waals surface area contributed by atoms with E-state index in [2.05, 4.69) is 6.07 Å². The molecule has 0 saturated heterocycles. The van der Waals surface area contributed by atoms with Gasteiger partial charge in [0, 0.05) is 6.04 Å². The zero-order valence-electron chi connectivity index (χ0n) is 11.8. The minimum atomic E-state index is -0.339. The highest BCUT2D eigenvalue weighted by molar-refractivity contribution is 5.85. The van der Waals surface area contributed by atoms with Gasteiger partial charge in [-0.05, 0) is 55.9 Å². The Labute approximate surface area is 126 Å². The summed E-state index contributed by atoms with van der Waals surface area (Å²) in [4.78, 5) is 11.2. The summed E-state index contributed by atoms with van der Waals surface area (Å²) in [6, 6.07) is 6.21. The fraction of sp³-hybridized carbons (Fsp3) is 0.533. The fourth-order valence-corrected chi connectivity index (χ4v) is 2.41. The Balaban J connectivity index is 0.00000200. The van der Waals surface area contributed by atoms with Gasteiger partial charge in [-0.1, -0.05) is 6.07 Å². The number of fused-ring (bicyclic) bond motifs is 1. The van der Waals surface area contributed by atoms with Crippen LogP contribution in [0.4, 0.5) is 0 Å². The second kappa shape index (κ2) is 8.12. The summed E-state index contributed by atoms with van der Waals surface area (Å²) in [5.74, 6) is 0.370. The van der Waals surface area contributed by atoms with E-state index in [9.17, 15) is 4.79 Å². The number of halogens is 1. The topological polar surface area (TPSA) is 61.5 Å². The van der Waals surface area contributed by atoms with Gasteiger partial charge >= 0.3 is 5.97 Å². The van der Waals surface area contributed by atoms with Gasteiger partial charge in [0.15, 0.2) is 6.61 Å². The van der Waals surface area contributed by atoms with Crippen molar-refractivity contribution >= 4 is 18.4 Å². The molecule has 5 heteroatoms. The average molecular weight is 300 g/mol. The van der Waals surface area contributed by atoms with E-state index in [1.54, 1.807) is 6.92 Å². The van der Waals surface area contributed by atoms with Gasteiger partial charge in [0.25, 0.3) is 0 Å². The van der Waals surface area contributed by atoms with Gasteiger partial charge in [0.1, 0.15) is 5.75 Å². The third kappa shape index (κ3) is 4.69. The van der Waals surface area contributed by atoms with Gasteiger partial charge in [-0.15, -0.1) is 12.4 Å². The highest BCUT2D eigenvalue weighted by Gasteiger charge is 2.14. The van der Waals surface area contributed by atoms with Crippen molar-refractivity contribution in [2.24, 2.45) is 5.73 Å². The summed E-state index contributed by atoms with van der Waals surface area (Å²) in [5, 5.41) is 0. The molecule has 0 unspecified atom stereocenters. The summed E-state index contributed by atoms with van der Waals surface area (Å²) in [7, 11) is 0. The first-order valence-corrected chi connectivity index (χ1v) is 6.85. The molecular weight excluding hydrogens is 278 g/mol. The molecule has 1 aromatic carbocycles. The maximum absolute atomic E-state index is 11.2. The van der Waals surface area contributed by atoms with Crippen LogP contribution in [0.15, 0.2) is 18.2 Å². The van der Waals surface area contributed by atoms with E-state index in [1.807, 2.05) is 12.1 Å². The molecule has 0 fully saturated rings. The summed E-state index contributed by atoms with van der Waals surface area (Å²) in [6.07, 6.45) is 4.15. The van der Waals surface area contributed by atoms with Crippen LogP contribution in [0.25, 0.3) is 0 Å². The largest absolute Gasteiger partial charge is 0.482 e. The molecule has 2 rings (SSSR count). The van der Waals surface area contributed by atoms with Crippen LogP contribution in [0.1, 0.15) is 30.9 Å². The monoisotopic (exact) mass is 299 g/mol. The second-order valence-corrected chi connectivity index (χ2v) is 4.88. The molecule has 0 radical (unpaired) electrons. The average Bonchev–Trinajstić information content (AvgIpc) is 2.56. The van der Waals surface area contributed by atoms with Crippen LogP contribution in [0.3, 0.4) is 0 Å². The van der Waals surface area contributed by atoms with Crippen LogP contribution in [-0.2, 0) is 22.4 Å². The third-order valence-electron chi connectivity index (χ3n) is 3.34. The highest BCUT2D eigenvalue weighted by atomic mass is 35.5. The normalized spacial score (nSPS) is 17.4. The Hall–Kier alpha value is -1.26. The number of esters is 1. The maximum atomic E-state index is 11.2. The number of rotatable bonds is 4. The second-order valence-electron chi connectivity index (χ2n) is 4.88. The van der Waals surface area contributed by atoms with Gasteiger partial charge in [0.05, 0.1) is 6.61 Å². The zero-order chi connectivity index (χ0) is 13.7. The summed E-state index contributed by atoms with van der Waals surface area (Å²) < 4.78 is 10.3. The SMILES string of the molecule is CCOC(=O)COc1ccc2c(c1)C[C@@H](N)CCC2.Cl. The maximum Gasteiger partial charge on any atom is 0.344 e. The molecule has 0 aliphatic heterocycles. The van der Waals surface area contributed by atoms with E-state index in [-0.39, 0.29) is 31.0 Å². The Morgan fingerprint density at radius 1 is 1.40 bits per heavy atom. The van der Waals surface area contributed by atoms with Crippen LogP contribution in [0.5, 0.6) is 5.75 Å². The molecule has 1 atom stereocenters. The van der Waals surface area contributed by atoms with Gasteiger partial charge in [-0.25, -0.2) is 4.79 Å². The molecule has 1 aliphatic carbocycles. The molecule has 0 saturated carbocycles. The van der Waals surface area contributed by atoms with Gasteiger partial charge < -0.3 is 15.2 Å². The number of carbonyl (C=O) groups excluding carboxylic acids is 1. The number of hydrogen-bond donors (Lipinski definition) is 1.